The van der Waals surface area contributed by atoms with E-state index in [4.69, 9.17) is 20.2 Å². The quantitative estimate of drug-likeness (QED) is 0.435. The van der Waals surface area contributed by atoms with Gasteiger partial charge in [-0.25, -0.2) is 8.42 Å². The van der Waals surface area contributed by atoms with Crippen LogP contribution in [0.15, 0.2) is 0 Å². The molecule has 0 fully saturated rings. The first-order chi connectivity index (χ1) is 8.37. The van der Waals surface area contributed by atoms with E-state index < -0.39 is 9.05 Å². The molecule has 0 saturated carbocycles. The van der Waals surface area contributed by atoms with E-state index in [0.29, 0.717) is 19.8 Å². The molecule has 0 radical (unpaired) electrons. The lowest BCUT2D eigenvalue weighted by Crippen LogP contribution is -2.24. The summed E-state index contributed by atoms with van der Waals surface area (Å²) in [4.78, 5) is 0. The van der Waals surface area contributed by atoms with Gasteiger partial charge in [-0.15, -0.1) is 0 Å². The zero-order valence-electron chi connectivity index (χ0n) is 11.5. The number of rotatable bonds is 11. The molecule has 0 bridgehead atoms. The highest BCUT2D eigenvalue weighted by Crippen LogP contribution is 2.16. The highest BCUT2D eigenvalue weighted by molar-refractivity contribution is 8.13. The van der Waals surface area contributed by atoms with Crippen LogP contribution in [0.3, 0.4) is 0 Å². The molecule has 0 aliphatic rings. The molecule has 0 aromatic carbocycles. The number of unbranched alkanes of at least 4 members (excludes halogenated alkanes) is 1. The number of hydrogen-bond donors (Lipinski definition) is 0. The van der Waals surface area contributed by atoms with Crippen LogP contribution in [0.25, 0.3) is 0 Å². The van der Waals surface area contributed by atoms with Crippen molar-refractivity contribution in [3.05, 3.63) is 0 Å². The summed E-state index contributed by atoms with van der Waals surface area (Å²) in [6.45, 7) is 8.25. The van der Waals surface area contributed by atoms with Crippen molar-refractivity contribution < 1.29 is 17.9 Å². The Bertz CT molecular complexity index is 290. The highest BCUT2D eigenvalue weighted by atomic mass is 35.7. The molecule has 18 heavy (non-hydrogen) atoms. The Morgan fingerprint density at radius 1 is 1.11 bits per heavy atom. The molecule has 0 aliphatic heterocycles. The van der Waals surface area contributed by atoms with Gasteiger partial charge in [0.2, 0.25) is 9.05 Å². The summed E-state index contributed by atoms with van der Waals surface area (Å²) in [5, 5.41) is 0. The molecule has 1 unspecified atom stereocenters. The Morgan fingerprint density at radius 2 is 1.72 bits per heavy atom. The highest BCUT2D eigenvalue weighted by Gasteiger charge is 2.20. The fourth-order valence-corrected chi connectivity index (χ4v) is 2.87. The van der Waals surface area contributed by atoms with Gasteiger partial charge in [0.1, 0.15) is 0 Å². The monoisotopic (exact) mass is 300 g/mol. The molecular formula is C12H25ClO4S. The summed E-state index contributed by atoms with van der Waals surface area (Å²) in [7, 11) is 1.80. The van der Waals surface area contributed by atoms with Gasteiger partial charge in [-0.05, 0) is 18.3 Å². The number of halogens is 1. The third-order valence-corrected chi connectivity index (χ3v) is 3.91. The summed E-state index contributed by atoms with van der Waals surface area (Å²) in [6.07, 6.45) is 2.17. The second kappa shape index (κ2) is 10.0. The molecule has 0 aliphatic carbocycles. The first-order valence-electron chi connectivity index (χ1n) is 6.44. The lowest BCUT2D eigenvalue weighted by Gasteiger charge is -2.19. The van der Waals surface area contributed by atoms with Gasteiger partial charge in [0, 0.05) is 17.3 Å². The molecule has 6 heteroatoms. The molecule has 0 aromatic heterocycles. The summed E-state index contributed by atoms with van der Waals surface area (Å²) < 4.78 is 32.9. The molecule has 0 amide bonds. The second-order valence-electron chi connectivity index (χ2n) is 4.75. The van der Waals surface area contributed by atoms with E-state index in [0.717, 1.165) is 19.4 Å². The topological polar surface area (TPSA) is 52.6 Å². The minimum atomic E-state index is -3.46. The van der Waals surface area contributed by atoms with Crippen LogP contribution in [-0.4, -0.2) is 40.6 Å². The van der Waals surface area contributed by atoms with Crippen LogP contribution >= 0.6 is 10.7 Å². The maximum atomic E-state index is 11.0. The van der Waals surface area contributed by atoms with Crippen molar-refractivity contribution in [2.45, 2.75) is 33.6 Å². The van der Waals surface area contributed by atoms with Crippen LogP contribution in [0.1, 0.15) is 33.6 Å². The molecule has 4 nitrogen and oxygen atoms in total. The predicted molar refractivity (Wildman–Crippen MR) is 74.5 cm³/mol. The third-order valence-electron chi connectivity index (χ3n) is 2.70. The van der Waals surface area contributed by atoms with Crippen LogP contribution in [0, 0.1) is 11.8 Å². The Hall–Kier alpha value is 0.160. The third kappa shape index (κ3) is 11.3. The van der Waals surface area contributed by atoms with E-state index in [2.05, 4.69) is 6.92 Å². The lowest BCUT2D eigenvalue weighted by atomic mass is 9.99. The van der Waals surface area contributed by atoms with Crippen molar-refractivity contribution >= 4 is 19.7 Å². The first-order valence-corrected chi connectivity index (χ1v) is 8.92. The lowest BCUT2D eigenvalue weighted by molar-refractivity contribution is 0.0293. The van der Waals surface area contributed by atoms with Gasteiger partial charge in [0.25, 0.3) is 0 Å². The van der Waals surface area contributed by atoms with E-state index in [1.54, 1.807) is 0 Å². The summed E-state index contributed by atoms with van der Waals surface area (Å²) >= 11 is 0. The van der Waals surface area contributed by atoms with Crippen LogP contribution in [0.5, 0.6) is 0 Å². The van der Waals surface area contributed by atoms with Gasteiger partial charge in [-0.3, -0.25) is 0 Å². The van der Waals surface area contributed by atoms with E-state index in [1.807, 2.05) is 13.8 Å². The maximum absolute atomic E-state index is 11.0. The van der Waals surface area contributed by atoms with Crippen molar-refractivity contribution in [3.63, 3.8) is 0 Å². The van der Waals surface area contributed by atoms with Gasteiger partial charge >= 0.3 is 0 Å². The number of ether oxygens (including phenoxy) is 2. The fourth-order valence-electron chi connectivity index (χ4n) is 1.39. The van der Waals surface area contributed by atoms with E-state index in [-0.39, 0.29) is 17.6 Å². The Kier molecular flexibility index (Phi) is 10.1. The standard InChI is InChI=1S/C12H25ClO4S/c1-4-5-6-16-7-8-17-9-12(11(2)3)10-18(13,14)15/h11-12H,4-10H2,1-3H3. The van der Waals surface area contributed by atoms with Gasteiger partial charge in [0.15, 0.2) is 0 Å². The molecule has 0 saturated heterocycles. The first kappa shape index (κ1) is 18.2. The zero-order chi connectivity index (χ0) is 14.0. The molecule has 1 atom stereocenters. The van der Waals surface area contributed by atoms with Crippen LogP contribution in [-0.2, 0) is 18.5 Å². The van der Waals surface area contributed by atoms with Gasteiger partial charge in [-0.2, -0.15) is 0 Å². The Labute approximate surface area is 115 Å². The molecule has 0 heterocycles. The largest absolute Gasteiger partial charge is 0.379 e. The molecule has 110 valence electrons. The fraction of sp³-hybridized carbons (Fsp3) is 1.00. The summed E-state index contributed by atoms with van der Waals surface area (Å²) in [6, 6.07) is 0. The molecule has 0 N–H and O–H groups in total. The Morgan fingerprint density at radius 3 is 2.22 bits per heavy atom. The van der Waals surface area contributed by atoms with Gasteiger partial charge in [0.05, 0.1) is 25.6 Å². The smallest absolute Gasteiger partial charge is 0.232 e. The average Bonchev–Trinajstić information content (AvgIpc) is 2.24. The Balaban J connectivity index is 3.72. The maximum Gasteiger partial charge on any atom is 0.232 e. The molecule has 0 rings (SSSR count). The molecular weight excluding hydrogens is 276 g/mol. The minimum Gasteiger partial charge on any atom is -0.379 e. The van der Waals surface area contributed by atoms with E-state index >= 15 is 0 Å². The van der Waals surface area contributed by atoms with Crippen LogP contribution < -0.4 is 0 Å². The van der Waals surface area contributed by atoms with Crippen molar-refractivity contribution in [2.75, 3.05) is 32.2 Å². The summed E-state index contributed by atoms with van der Waals surface area (Å²) in [5.74, 6) is 0.116. The van der Waals surface area contributed by atoms with E-state index in [9.17, 15) is 8.42 Å². The number of hydrogen-bond acceptors (Lipinski definition) is 4. The van der Waals surface area contributed by atoms with Crippen molar-refractivity contribution in [1.82, 2.24) is 0 Å². The van der Waals surface area contributed by atoms with Gasteiger partial charge < -0.3 is 9.47 Å². The second-order valence-corrected chi connectivity index (χ2v) is 7.57. The van der Waals surface area contributed by atoms with Gasteiger partial charge in [-0.1, -0.05) is 27.2 Å². The zero-order valence-corrected chi connectivity index (χ0v) is 13.1. The molecule has 0 aromatic rings. The van der Waals surface area contributed by atoms with Crippen molar-refractivity contribution in [3.8, 4) is 0 Å². The van der Waals surface area contributed by atoms with Crippen LogP contribution in [0.2, 0.25) is 0 Å². The average molecular weight is 301 g/mol. The van der Waals surface area contributed by atoms with Crippen LogP contribution in [0.4, 0.5) is 0 Å². The van der Waals surface area contributed by atoms with Crippen molar-refractivity contribution in [2.24, 2.45) is 11.8 Å². The SMILES string of the molecule is CCCCOCCOCC(CS(=O)(=O)Cl)C(C)C. The minimum absolute atomic E-state index is 0.0388. The predicted octanol–water partition coefficient (Wildman–Crippen LogP) is 2.66. The molecule has 0 spiro atoms. The summed E-state index contributed by atoms with van der Waals surface area (Å²) in [5.41, 5.74) is 0. The van der Waals surface area contributed by atoms with E-state index in [1.165, 1.54) is 0 Å². The normalized spacial score (nSPS) is 14.1. The van der Waals surface area contributed by atoms with Crippen molar-refractivity contribution in [1.29, 1.82) is 0 Å².